The molecule has 0 atom stereocenters. The number of rotatable bonds is 2. The minimum absolute atomic E-state index is 0.333. The van der Waals surface area contributed by atoms with Crippen LogP contribution in [0, 0.1) is 0 Å². The molecule has 0 saturated heterocycles. The number of hydrogen-bond donors (Lipinski definition) is 1. The lowest BCUT2D eigenvalue weighted by Crippen LogP contribution is -2.09. The van der Waals surface area contributed by atoms with Gasteiger partial charge in [-0.25, -0.2) is 0 Å². The van der Waals surface area contributed by atoms with Crippen molar-refractivity contribution in [1.29, 1.82) is 0 Å². The standard InChI is InChI=1S/C7H9Cl2NP/c8-11(9,6-10)7-4-2-1-3-5-7/h1-5H,6,10H2/q+1. The Balaban J connectivity index is 2.93. The van der Waals surface area contributed by atoms with Gasteiger partial charge in [0.1, 0.15) is 34.1 Å². The molecule has 0 bridgehead atoms. The van der Waals surface area contributed by atoms with Crippen LogP contribution in [0.15, 0.2) is 30.3 Å². The Kier molecular flexibility index (Phi) is 3.15. The van der Waals surface area contributed by atoms with Crippen molar-refractivity contribution in [2.75, 3.05) is 6.29 Å². The van der Waals surface area contributed by atoms with Crippen LogP contribution >= 0.6 is 28.4 Å². The second-order valence-electron chi connectivity index (χ2n) is 2.15. The zero-order valence-corrected chi connectivity index (χ0v) is 8.28. The fraction of sp³-hybridized carbons (Fsp3) is 0.143. The summed E-state index contributed by atoms with van der Waals surface area (Å²) in [6.45, 7) is 0. The van der Waals surface area contributed by atoms with Crippen LogP contribution in [0.25, 0.3) is 0 Å². The molecule has 0 aliphatic carbocycles. The van der Waals surface area contributed by atoms with Crippen LogP contribution in [0.3, 0.4) is 0 Å². The van der Waals surface area contributed by atoms with Gasteiger partial charge in [0.2, 0.25) is 0 Å². The summed E-state index contributed by atoms with van der Waals surface area (Å²) in [4.78, 5) is 0. The van der Waals surface area contributed by atoms with E-state index >= 15 is 0 Å². The van der Waals surface area contributed by atoms with Gasteiger partial charge in [-0.15, -0.1) is 0 Å². The van der Waals surface area contributed by atoms with Gasteiger partial charge < -0.3 is 0 Å². The van der Waals surface area contributed by atoms with E-state index in [4.69, 9.17) is 28.2 Å². The summed E-state index contributed by atoms with van der Waals surface area (Å²) in [5, 5.41) is 0.950. The molecule has 1 aromatic rings. The Bertz CT molecular complexity index is 225. The molecular weight excluding hydrogens is 200 g/mol. The van der Waals surface area contributed by atoms with Crippen molar-refractivity contribution in [3.05, 3.63) is 30.3 Å². The summed E-state index contributed by atoms with van der Waals surface area (Å²) in [5.74, 6) is -2.05. The number of nitrogens with two attached hydrogens (primary N) is 1. The maximum Gasteiger partial charge on any atom is 0.257 e. The normalized spacial score (nSPS) is 11.5. The lowest BCUT2D eigenvalue weighted by atomic mass is 10.4. The summed E-state index contributed by atoms with van der Waals surface area (Å²) in [6.07, 6.45) is 0.333. The summed E-state index contributed by atoms with van der Waals surface area (Å²) >= 11 is 12.0. The molecular formula is C7H9Cl2NP+. The third-order valence-corrected chi connectivity index (χ3v) is 4.87. The third-order valence-electron chi connectivity index (χ3n) is 1.36. The van der Waals surface area contributed by atoms with Crippen molar-refractivity contribution in [3.8, 4) is 0 Å². The van der Waals surface area contributed by atoms with Gasteiger partial charge in [0.05, 0.1) is 0 Å². The molecule has 4 heteroatoms. The van der Waals surface area contributed by atoms with Gasteiger partial charge in [-0.3, -0.25) is 5.73 Å². The molecule has 0 fully saturated rings. The highest BCUT2D eigenvalue weighted by Gasteiger charge is 2.35. The zero-order valence-electron chi connectivity index (χ0n) is 5.87. The van der Waals surface area contributed by atoms with Crippen LogP contribution in [0.4, 0.5) is 0 Å². The van der Waals surface area contributed by atoms with Crippen molar-refractivity contribution >= 4 is 33.8 Å². The van der Waals surface area contributed by atoms with E-state index in [2.05, 4.69) is 0 Å². The van der Waals surface area contributed by atoms with Crippen LogP contribution in [-0.2, 0) is 0 Å². The summed E-state index contributed by atoms with van der Waals surface area (Å²) in [7, 11) is 0. The zero-order chi connectivity index (χ0) is 8.32. The first-order chi connectivity index (χ1) is 5.17. The Morgan fingerprint density at radius 2 is 1.73 bits per heavy atom. The molecule has 0 amide bonds. The molecule has 0 saturated carbocycles. The minimum atomic E-state index is -2.05. The molecule has 0 radical (unpaired) electrons. The molecule has 2 N–H and O–H groups in total. The highest BCUT2D eigenvalue weighted by Crippen LogP contribution is 2.66. The molecule has 0 aliphatic rings. The fourth-order valence-corrected chi connectivity index (χ4v) is 2.25. The molecule has 0 aromatic heterocycles. The molecule has 60 valence electrons. The third kappa shape index (κ3) is 2.31. The largest absolute Gasteiger partial charge is 0.296 e. The van der Waals surface area contributed by atoms with Gasteiger partial charge in [-0.05, 0) is 12.1 Å². The Morgan fingerprint density at radius 1 is 1.18 bits per heavy atom. The summed E-state index contributed by atoms with van der Waals surface area (Å²) < 4.78 is 0. The van der Waals surface area contributed by atoms with Crippen molar-refractivity contribution in [2.24, 2.45) is 5.73 Å². The Morgan fingerprint density at radius 3 is 2.18 bits per heavy atom. The molecule has 11 heavy (non-hydrogen) atoms. The van der Waals surface area contributed by atoms with E-state index < -0.39 is 5.97 Å². The summed E-state index contributed by atoms with van der Waals surface area (Å²) in [6, 6.07) is 9.55. The van der Waals surface area contributed by atoms with Crippen molar-refractivity contribution < 1.29 is 0 Å². The van der Waals surface area contributed by atoms with Gasteiger partial charge in [0.25, 0.3) is 5.97 Å². The van der Waals surface area contributed by atoms with Crippen molar-refractivity contribution in [3.63, 3.8) is 0 Å². The average Bonchev–Trinajstić information content (AvgIpc) is 2.06. The second kappa shape index (κ2) is 3.73. The van der Waals surface area contributed by atoms with Crippen LogP contribution in [0.2, 0.25) is 0 Å². The van der Waals surface area contributed by atoms with E-state index in [0.29, 0.717) is 6.29 Å². The van der Waals surface area contributed by atoms with Crippen LogP contribution in [0.5, 0.6) is 0 Å². The van der Waals surface area contributed by atoms with Gasteiger partial charge in [-0.2, -0.15) is 0 Å². The number of benzene rings is 1. The molecule has 1 rings (SSSR count). The van der Waals surface area contributed by atoms with Gasteiger partial charge >= 0.3 is 0 Å². The average molecular weight is 209 g/mol. The van der Waals surface area contributed by atoms with Crippen LogP contribution in [-0.4, -0.2) is 6.29 Å². The van der Waals surface area contributed by atoms with E-state index in [1.165, 1.54) is 0 Å². The monoisotopic (exact) mass is 208 g/mol. The van der Waals surface area contributed by atoms with Crippen LogP contribution < -0.4 is 11.0 Å². The van der Waals surface area contributed by atoms with Gasteiger partial charge in [0, 0.05) is 0 Å². The maximum atomic E-state index is 6.00. The molecule has 1 aromatic carbocycles. The topological polar surface area (TPSA) is 26.0 Å². The fourth-order valence-electron chi connectivity index (χ4n) is 0.751. The van der Waals surface area contributed by atoms with E-state index in [-0.39, 0.29) is 0 Å². The molecule has 0 spiro atoms. The van der Waals surface area contributed by atoms with E-state index in [9.17, 15) is 0 Å². The maximum absolute atomic E-state index is 6.00. The number of halogens is 2. The Hall–Kier alpha value is 0.190. The first-order valence-electron chi connectivity index (χ1n) is 3.20. The highest BCUT2D eigenvalue weighted by molar-refractivity contribution is 8.21. The predicted octanol–water partition coefficient (Wildman–Crippen LogP) is 2.55. The van der Waals surface area contributed by atoms with E-state index in [0.717, 1.165) is 5.30 Å². The van der Waals surface area contributed by atoms with Crippen molar-refractivity contribution in [1.82, 2.24) is 0 Å². The molecule has 0 aliphatic heterocycles. The lowest BCUT2D eigenvalue weighted by molar-refractivity contribution is 1.39. The molecule has 0 heterocycles. The van der Waals surface area contributed by atoms with E-state index in [1.807, 2.05) is 30.3 Å². The quantitative estimate of drug-likeness (QED) is 0.744. The second-order valence-corrected chi connectivity index (χ2v) is 8.27. The predicted molar refractivity (Wildman–Crippen MR) is 53.8 cm³/mol. The molecule has 0 unspecified atom stereocenters. The minimum Gasteiger partial charge on any atom is -0.296 e. The van der Waals surface area contributed by atoms with Gasteiger partial charge in [-0.1, -0.05) is 18.2 Å². The first kappa shape index (κ1) is 9.28. The number of hydrogen-bond acceptors (Lipinski definition) is 1. The summed E-state index contributed by atoms with van der Waals surface area (Å²) in [5.41, 5.74) is 5.42. The first-order valence-corrected chi connectivity index (χ1v) is 6.98. The molecule has 1 nitrogen and oxygen atoms in total. The van der Waals surface area contributed by atoms with E-state index in [1.54, 1.807) is 0 Å². The Labute approximate surface area is 76.4 Å². The van der Waals surface area contributed by atoms with Gasteiger partial charge in [0.15, 0.2) is 0 Å². The van der Waals surface area contributed by atoms with Crippen molar-refractivity contribution in [2.45, 2.75) is 0 Å². The SMILES string of the molecule is NC[P+](Cl)(Cl)c1ccccc1. The lowest BCUT2D eigenvalue weighted by Gasteiger charge is -2.05. The van der Waals surface area contributed by atoms with Crippen LogP contribution in [0.1, 0.15) is 0 Å². The smallest absolute Gasteiger partial charge is 0.257 e. The highest BCUT2D eigenvalue weighted by atomic mass is 35.9.